The quantitative estimate of drug-likeness (QED) is 0.287. The molecule has 0 amide bonds. The molecule has 0 aliphatic heterocycles. The molecular formula is C25H23F3N4. The molecule has 0 spiro atoms. The van der Waals surface area contributed by atoms with E-state index in [1.165, 1.54) is 12.1 Å². The van der Waals surface area contributed by atoms with Crippen LogP contribution in [0.3, 0.4) is 0 Å². The Kier molecular flexibility index (Phi) is 6.59. The summed E-state index contributed by atoms with van der Waals surface area (Å²) in [5.74, 6) is 0. The van der Waals surface area contributed by atoms with Gasteiger partial charge in [0, 0.05) is 11.4 Å². The summed E-state index contributed by atoms with van der Waals surface area (Å²) in [4.78, 5) is 0. The van der Waals surface area contributed by atoms with Crippen molar-refractivity contribution >= 4 is 22.7 Å². The van der Waals surface area contributed by atoms with E-state index >= 15 is 0 Å². The molecule has 0 radical (unpaired) electrons. The van der Waals surface area contributed by atoms with Gasteiger partial charge in [-0.25, -0.2) is 0 Å². The van der Waals surface area contributed by atoms with Crippen molar-refractivity contribution in [3.05, 3.63) is 96.6 Å². The fraction of sp³-hybridized carbons (Fsp3) is 0.0400. The van der Waals surface area contributed by atoms with Crippen LogP contribution in [0.4, 0.5) is 35.9 Å². The molecule has 0 aliphatic carbocycles. The van der Waals surface area contributed by atoms with E-state index in [0.717, 1.165) is 17.2 Å². The van der Waals surface area contributed by atoms with Crippen LogP contribution in [0.2, 0.25) is 0 Å². The normalized spacial score (nSPS) is 10.8. The number of nitrogens with two attached hydrogens (primary N) is 4. The van der Waals surface area contributed by atoms with E-state index in [9.17, 15) is 13.2 Å². The number of alkyl halides is 3. The second kappa shape index (κ2) is 9.34. The highest BCUT2D eigenvalue weighted by atomic mass is 19.4. The first kappa shape index (κ1) is 22.6. The number of nitrogen functional groups attached to an aromatic ring is 4. The fourth-order valence-electron chi connectivity index (χ4n) is 3.10. The molecule has 0 saturated heterocycles. The summed E-state index contributed by atoms with van der Waals surface area (Å²) < 4.78 is 38.7. The van der Waals surface area contributed by atoms with Gasteiger partial charge in [0.15, 0.2) is 0 Å². The molecule has 0 atom stereocenters. The van der Waals surface area contributed by atoms with Crippen LogP contribution in [0.1, 0.15) is 5.56 Å². The minimum atomic E-state index is -4.44. The van der Waals surface area contributed by atoms with Gasteiger partial charge in [0.25, 0.3) is 0 Å². The second-order valence-corrected chi connectivity index (χ2v) is 7.13. The van der Waals surface area contributed by atoms with Crippen LogP contribution in [0.5, 0.6) is 0 Å². The first-order valence-corrected chi connectivity index (χ1v) is 9.68. The lowest BCUT2D eigenvalue weighted by Crippen LogP contribution is -2.08. The maximum Gasteiger partial charge on any atom is 0.417 e. The maximum absolute atomic E-state index is 12.9. The lowest BCUT2D eigenvalue weighted by atomic mass is 9.98. The second-order valence-electron chi connectivity index (χ2n) is 7.13. The summed E-state index contributed by atoms with van der Waals surface area (Å²) in [7, 11) is 0. The van der Waals surface area contributed by atoms with Gasteiger partial charge in [0.1, 0.15) is 0 Å². The molecule has 164 valence electrons. The average Bonchev–Trinajstić information content (AvgIpc) is 2.77. The molecule has 4 rings (SSSR count). The highest BCUT2D eigenvalue weighted by Gasteiger charge is 2.33. The van der Waals surface area contributed by atoms with Crippen molar-refractivity contribution in [2.24, 2.45) is 0 Å². The highest BCUT2D eigenvalue weighted by molar-refractivity contribution is 5.74. The third-order valence-electron chi connectivity index (χ3n) is 4.76. The number of hydrogen-bond acceptors (Lipinski definition) is 4. The Hall–Kier alpha value is -4.13. The Balaban J connectivity index is 0.000000186. The smallest absolute Gasteiger partial charge is 0.399 e. The van der Waals surface area contributed by atoms with Gasteiger partial charge in [0.05, 0.1) is 16.9 Å². The lowest BCUT2D eigenvalue weighted by Gasteiger charge is -2.13. The maximum atomic E-state index is 12.9. The minimum Gasteiger partial charge on any atom is -0.399 e. The molecule has 4 aromatic rings. The molecule has 0 aromatic heterocycles. The number of hydrogen-bond donors (Lipinski definition) is 4. The first-order valence-electron chi connectivity index (χ1n) is 9.68. The Bertz CT molecular complexity index is 1190. The van der Waals surface area contributed by atoms with Crippen LogP contribution in [-0.4, -0.2) is 0 Å². The topological polar surface area (TPSA) is 104 Å². The largest absolute Gasteiger partial charge is 0.417 e. The Morgan fingerprint density at radius 3 is 1.69 bits per heavy atom. The standard InChI is InChI=1S/C13H11F3N2.C12H12N2/c14-13(15,16)12-7-10(18)5-6-11(12)8-1-3-9(17)4-2-8;13-11-7-6-10(8-12(11)14)9-4-2-1-3-5-9/h1-7H,17-18H2;1-8H,13-14H2. The van der Waals surface area contributed by atoms with Gasteiger partial charge in [0.2, 0.25) is 0 Å². The Morgan fingerprint density at radius 2 is 1.09 bits per heavy atom. The zero-order valence-corrected chi connectivity index (χ0v) is 17.1. The molecule has 8 N–H and O–H groups in total. The summed E-state index contributed by atoms with van der Waals surface area (Å²) >= 11 is 0. The highest BCUT2D eigenvalue weighted by Crippen LogP contribution is 2.38. The molecule has 4 nitrogen and oxygen atoms in total. The number of halogens is 3. The predicted octanol–water partition coefficient (Wildman–Crippen LogP) is 6.05. The van der Waals surface area contributed by atoms with E-state index < -0.39 is 11.7 Å². The lowest BCUT2D eigenvalue weighted by molar-refractivity contribution is -0.137. The van der Waals surface area contributed by atoms with Gasteiger partial charge in [-0.15, -0.1) is 0 Å². The monoisotopic (exact) mass is 436 g/mol. The van der Waals surface area contributed by atoms with Crippen LogP contribution in [0.15, 0.2) is 91.0 Å². The van der Waals surface area contributed by atoms with Gasteiger partial charge in [-0.1, -0.05) is 54.6 Å². The number of anilines is 4. The van der Waals surface area contributed by atoms with Crippen molar-refractivity contribution in [3.63, 3.8) is 0 Å². The summed E-state index contributed by atoms with van der Waals surface area (Å²) in [5, 5.41) is 0. The Labute approximate surface area is 184 Å². The molecule has 0 unspecified atom stereocenters. The molecule has 0 heterocycles. The SMILES string of the molecule is Nc1ccc(-c2ccc(N)cc2C(F)(F)F)cc1.Nc1ccc(-c2ccccc2)cc1N. The van der Waals surface area contributed by atoms with Crippen LogP contribution in [0.25, 0.3) is 22.3 Å². The van der Waals surface area contributed by atoms with Crippen molar-refractivity contribution < 1.29 is 13.2 Å². The molecule has 0 saturated carbocycles. The summed E-state index contributed by atoms with van der Waals surface area (Å²) in [6.45, 7) is 0. The van der Waals surface area contributed by atoms with Crippen molar-refractivity contribution in [3.8, 4) is 22.3 Å². The van der Waals surface area contributed by atoms with Gasteiger partial charge < -0.3 is 22.9 Å². The Morgan fingerprint density at radius 1 is 0.500 bits per heavy atom. The molecular weight excluding hydrogens is 413 g/mol. The third kappa shape index (κ3) is 5.51. The van der Waals surface area contributed by atoms with Crippen LogP contribution < -0.4 is 22.9 Å². The summed E-state index contributed by atoms with van der Waals surface area (Å²) in [6, 6.07) is 25.8. The molecule has 32 heavy (non-hydrogen) atoms. The van der Waals surface area contributed by atoms with E-state index in [0.29, 0.717) is 22.6 Å². The van der Waals surface area contributed by atoms with Gasteiger partial charge in [-0.05, 0) is 58.7 Å². The minimum absolute atomic E-state index is 0.0847. The van der Waals surface area contributed by atoms with Gasteiger partial charge in [-0.3, -0.25) is 0 Å². The average molecular weight is 436 g/mol. The molecule has 4 aromatic carbocycles. The van der Waals surface area contributed by atoms with Gasteiger partial charge >= 0.3 is 6.18 Å². The van der Waals surface area contributed by atoms with Gasteiger partial charge in [-0.2, -0.15) is 13.2 Å². The third-order valence-corrected chi connectivity index (χ3v) is 4.76. The van der Waals surface area contributed by atoms with Crippen molar-refractivity contribution in [1.29, 1.82) is 0 Å². The predicted molar refractivity (Wildman–Crippen MR) is 126 cm³/mol. The molecule has 0 bridgehead atoms. The first-order chi connectivity index (χ1) is 15.1. The zero-order valence-electron chi connectivity index (χ0n) is 17.1. The van der Waals surface area contributed by atoms with E-state index in [-0.39, 0.29) is 11.3 Å². The van der Waals surface area contributed by atoms with E-state index in [1.807, 2.05) is 48.5 Å². The fourth-order valence-corrected chi connectivity index (χ4v) is 3.10. The molecule has 0 fully saturated rings. The van der Waals surface area contributed by atoms with Crippen LogP contribution in [-0.2, 0) is 6.18 Å². The van der Waals surface area contributed by atoms with E-state index in [1.54, 1.807) is 24.3 Å². The van der Waals surface area contributed by atoms with Crippen molar-refractivity contribution in [2.45, 2.75) is 6.18 Å². The van der Waals surface area contributed by atoms with Crippen LogP contribution >= 0.6 is 0 Å². The van der Waals surface area contributed by atoms with Crippen molar-refractivity contribution in [1.82, 2.24) is 0 Å². The number of rotatable bonds is 2. The molecule has 0 aliphatic rings. The van der Waals surface area contributed by atoms with E-state index in [2.05, 4.69) is 0 Å². The zero-order chi connectivity index (χ0) is 23.3. The summed E-state index contributed by atoms with van der Waals surface area (Å²) in [6.07, 6.45) is -4.44. The molecule has 7 heteroatoms. The van der Waals surface area contributed by atoms with E-state index in [4.69, 9.17) is 22.9 Å². The van der Waals surface area contributed by atoms with Crippen LogP contribution in [0, 0.1) is 0 Å². The summed E-state index contributed by atoms with van der Waals surface area (Å²) in [5.41, 5.74) is 26.2. The van der Waals surface area contributed by atoms with Crippen molar-refractivity contribution in [2.75, 3.05) is 22.9 Å². The number of benzene rings is 4.